The third-order valence-electron chi connectivity index (χ3n) is 3.21. The number of nitrogens with zero attached hydrogens (tertiary/aromatic N) is 1. The highest BCUT2D eigenvalue weighted by molar-refractivity contribution is 5.76. The van der Waals surface area contributed by atoms with E-state index in [9.17, 15) is 4.79 Å². The van der Waals surface area contributed by atoms with Crippen LogP contribution in [0, 0.1) is 5.92 Å². The lowest BCUT2D eigenvalue weighted by Gasteiger charge is -2.39. The van der Waals surface area contributed by atoms with E-state index in [1.54, 1.807) is 0 Å². The summed E-state index contributed by atoms with van der Waals surface area (Å²) in [6.07, 6.45) is 6.08. The number of hydrogen-bond acceptors (Lipinski definition) is 1. The maximum Gasteiger partial charge on any atom is 0.222 e. The molecule has 0 radical (unpaired) electrons. The number of hydrogen-bond donors (Lipinski definition) is 0. The molecule has 0 spiro atoms. The largest absolute Gasteiger partial charge is 0.336 e. The summed E-state index contributed by atoms with van der Waals surface area (Å²) in [5, 5.41) is 0. The van der Waals surface area contributed by atoms with Crippen molar-refractivity contribution in [1.29, 1.82) is 0 Å². The minimum atomic E-state index is 0.271. The predicted octanol–water partition coefficient (Wildman–Crippen LogP) is 2.60. The van der Waals surface area contributed by atoms with Crippen molar-refractivity contribution in [3.63, 3.8) is 0 Å². The number of amides is 1. The number of carbonyl (C=O) groups is 1. The molecule has 0 aromatic rings. The first kappa shape index (κ1) is 11.3. The van der Waals surface area contributed by atoms with Gasteiger partial charge in [-0.05, 0) is 18.8 Å². The highest BCUT2D eigenvalue weighted by Gasteiger charge is 2.30. The maximum atomic E-state index is 11.7. The first-order chi connectivity index (χ1) is 6.74. The average molecular weight is 195 g/mol. The van der Waals surface area contributed by atoms with E-state index in [0.29, 0.717) is 12.3 Å². The van der Waals surface area contributed by atoms with Crippen LogP contribution in [0.1, 0.15) is 39.5 Å². The Bertz CT molecular complexity index is 212. The van der Waals surface area contributed by atoms with Crippen molar-refractivity contribution in [3.8, 4) is 0 Å². The Hall–Kier alpha value is -0.790. The van der Waals surface area contributed by atoms with Crippen molar-refractivity contribution in [3.05, 3.63) is 12.7 Å². The second-order valence-electron chi connectivity index (χ2n) is 3.98. The molecule has 2 atom stereocenters. The Morgan fingerprint density at radius 2 is 2.29 bits per heavy atom. The molecule has 0 bridgehead atoms. The molecule has 0 N–H and O–H groups in total. The zero-order valence-electron chi connectivity index (χ0n) is 9.33. The Kier molecular flexibility index (Phi) is 4.18. The summed E-state index contributed by atoms with van der Waals surface area (Å²) in [6.45, 7) is 8.90. The number of likely N-dealkylation sites (tertiary alicyclic amines) is 1. The number of piperidine rings is 1. The van der Waals surface area contributed by atoms with Gasteiger partial charge in [-0.3, -0.25) is 4.79 Å². The van der Waals surface area contributed by atoms with Crippen molar-refractivity contribution in [1.82, 2.24) is 4.90 Å². The van der Waals surface area contributed by atoms with E-state index in [2.05, 4.69) is 13.5 Å². The molecule has 0 saturated carbocycles. The SMILES string of the molecule is C=C[C@@H]1[C@H](CC)CCCN1C(=O)CC. The van der Waals surface area contributed by atoms with Crippen LogP contribution in [0.15, 0.2) is 12.7 Å². The van der Waals surface area contributed by atoms with Gasteiger partial charge in [-0.25, -0.2) is 0 Å². The van der Waals surface area contributed by atoms with Gasteiger partial charge in [0.05, 0.1) is 6.04 Å². The fourth-order valence-electron chi connectivity index (χ4n) is 2.36. The standard InChI is InChI=1S/C12H21NO/c1-4-10-8-7-9-13(11(10)5-2)12(14)6-3/h5,10-11H,2,4,6-9H2,1,3H3/t10-,11-/m1/s1. The van der Waals surface area contributed by atoms with Gasteiger partial charge in [0.1, 0.15) is 0 Å². The molecule has 1 fully saturated rings. The molecule has 2 heteroatoms. The quantitative estimate of drug-likeness (QED) is 0.634. The van der Waals surface area contributed by atoms with Crippen LogP contribution in [-0.2, 0) is 4.79 Å². The molecule has 2 nitrogen and oxygen atoms in total. The molecule has 1 rings (SSSR count). The van der Waals surface area contributed by atoms with E-state index in [1.165, 1.54) is 6.42 Å². The summed E-state index contributed by atoms with van der Waals surface area (Å²) in [6, 6.07) is 0.279. The van der Waals surface area contributed by atoms with Crippen LogP contribution in [0.2, 0.25) is 0 Å². The van der Waals surface area contributed by atoms with Crippen LogP contribution in [-0.4, -0.2) is 23.4 Å². The molecular weight excluding hydrogens is 174 g/mol. The highest BCUT2D eigenvalue weighted by Crippen LogP contribution is 2.27. The second-order valence-corrected chi connectivity index (χ2v) is 3.98. The third-order valence-corrected chi connectivity index (χ3v) is 3.21. The third kappa shape index (κ3) is 2.17. The molecule has 1 amide bonds. The molecule has 1 aliphatic rings. The van der Waals surface area contributed by atoms with E-state index in [0.717, 1.165) is 19.4 Å². The molecule has 14 heavy (non-hydrogen) atoms. The van der Waals surface area contributed by atoms with Crippen molar-refractivity contribution in [2.45, 2.75) is 45.6 Å². The number of carbonyl (C=O) groups excluding carboxylic acids is 1. The Labute approximate surface area is 87.0 Å². The van der Waals surface area contributed by atoms with Crippen LogP contribution >= 0.6 is 0 Å². The molecule has 0 aromatic carbocycles. The second kappa shape index (κ2) is 5.18. The van der Waals surface area contributed by atoms with Gasteiger partial charge < -0.3 is 4.90 Å². The first-order valence-electron chi connectivity index (χ1n) is 5.66. The van der Waals surface area contributed by atoms with Gasteiger partial charge in [0.15, 0.2) is 0 Å². The minimum Gasteiger partial charge on any atom is -0.336 e. The van der Waals surface area contributed by atoms with E-state index < -0.39 is 0 Å². The minimum absolute atomic E-state index is 0.271. The summed E-state index contributed by atoms with van der Waals surface area (Å²) in [4.78, 5) is 13.7. The van der Waals surface area contributed by atoms with E-state index in [4.69, 9.17) is 0 Å². The van der Waals surface area contributed by atoms with Crippen LogP contribution in [0.5, 0.6) is 0 Å². The molecule has 1 heterocycles. The van der Waals surface area contributed by atoms with Gasteiger partial charge in [0, 0.05) is 13.0 Å². The van der Waals surface area contributed by atoms with Gasteiger partial charge >= 0.3 is 0 Å². The van der Waals surface area contributed by atoms with E-state index >= 15 is 0 Å². The molecule has 0 aromatic heterocycles. The summed E-state index contributed by atoms with van der Waals surface area (Å²) in [7, 11) is 0. The Morgan fingerprint density at radius 1 is 1.57 bits per heavy atom. The maximum absolute atomic E-state index is 11.7. The van der Waals surface area contributed by atoms with Crippen molar-refractivity contribution < 1.29 is 4.79 Å². The van der Waals surface area contributed by atoms with Gasteiger partial charge in [0.2, 0.25) is 5.91 Å². The summed E-state index contributed by atoms with van der Waals surface area (Å²) >= 11 is 0. The Morgan fingerprint density at radius 3 is 2.79 bits per heavy atom. The topological polar surface area (TPSA) is 20.3 Å². The predicted molar refractivity (Wildman–Crippen MR) is 59.0 cm³/mol. The monoisotopic (exact) mass is 195 g/mol. The zero-order chi connectivity index (χ0) is 10.6. The summed E-state index contributed by atoms with van der Waals surface area (Å²) in [5.74, 6) is 0.893. The fraction of sp³-hybridized carbons (Fsp3) is 0.750. The summed E-state index contributed by atoms with van der Waals surface area (Å²) in [5.41, 5.74) is 0. The molecule has 0 unspecified atom stereocenters. The zero-order valence-corrected chi connectivity index (χ0v) is 9.33. The molecule has 0 aliphatic carbocycles. The first-order valence-corrected chi connectivity index (χ1v) is 5.66. The van der Waals surface area contributed by atoms with Crippen molar-refractivity contribution in [2.24, 2.45) is 5.92 Å². The van der Waals surface area contributed by atoms with Gasteiger partial charge in [-0.1, -0.05) is 26.3 Å². The molecule has 1 aliphatic heterocycles. The highest BCUT2D eigenvalue weighted by atomic mass is 16.2. The molecule has 80 valence electrons. The van der Waals surface area contributed by atoms with Gasteiger partial charge in [-0.2, -0.15) is 0 Å². The van der Waals surface area contributed by atoms with E-state index in [-0.39, 0.29) is 11.9 Å². The lowest BCUT2D eigenvalue weighted by Crippen LogP contribution is -2.47. The normalized spacial score (nSPS) is 27.4. The molecule has 1 saturated heterocycles. The number of rotatable bonds is 3. The lowest BCUT2D eigenvalue weighted by atomic mass is 9.87. The van der Waals surface area contributed by atoms with Crippen LogP contribution in [0.3, 0.4) is 0 Å². The van der Waals surface area contributed by atoms with E-state index in [1.807, 2.05) is 17.9 Å². The fourth-order valence-corrected chi connectivity index (χ4v) is 2.36. The van der Waals surface area contributed by atoms with Crippen molar-refractivity contribution >= 4 is 5.91 Å². The Balaban J connectivity index is 2.72. The summed E-state index contributed by atoms with van der Waals surface area (Å²) < 4.78 is 0. The van der Waals surface area contributed by atoms with Crippen LogP contribution < -0.4 is 0 Å². The van der Waals surface area contributed by atoms with Gasteiger partial charge in [0.25, 0.3) is 0 Å². The lowest BCUT2D eigenvalue weighted by molar-refractivity contribution is -0.134. The van der Waals surface area contributed by atoms with Crippen LogP contribution in [0.4, 0.5) is 0 Å². The van der Waals surface area contributed by atoms with Gasteiger partial charge in [-0.15, -0.1) is 6.58 Å². The average Bonchev–Trinajstić information content (AvgIpc) is 2.26. The van der Waals surface area contributed by atoms with Crippen LogP contribution in [0.25, 0.3) is 0 Å². The van der Waals surface area contributed by atoms with Crippen molar-refractivity contribution in [2.75, 3.05) is 6.54 Å². The smallest absolute Gasteiger partial charge is 0.222 e. The molecular formula is C12H21NO.